The van der Waals surface area contributed by atoms with Gasteiger partial charge in [-0.05, 0) is 37.0 Å². The zero-order chi connectivity index (χ0) is 13.1. The van der Waals surface area contributed by atoms with E-state index in [9.17, 15) is 8.42 Å². The van der Waals surface area contributed by atoms with Crippen molar-refractivity contribution in [2.45, 2.75) is 52.5 Å². The Labute approximate surface area is 105 Å². The average Bonchev–Trinajstić information content (AvgIpc) is 2.51. The van der Waals surface area contributed by atoms with E-state index in [0.717, 1.165) is 25.7 Å². The van der Waals surface area contributed by atoms with E-state index < -0.39 is 9.84 Å². The third-order valence-electron chi connectivity index (χ3n) is 3.42. The summed E-state index contributed by atoms with van der Waals surface area (Å²) in [5, 5.41) is 0. The Balaban J connectivity index is 2.38. The summed E-state index contributed by atoms with van der Waals surface area (Å²) in [6.07, 6.45) is 3.79. The third-order valence-corrected chi connectivity index (χ3v) is 5.26. The Bertz CT molecular complexity index is 333. The molecular weight excluding hydrogens is 236 g/mol. The van der Waals surface area contributed by atoms with E-state index >= 15 is 0 Å². The molecule has 102 valence electrons. The highest BCUT2D eigenvalue weighted by Gasteiger charge is 2.29. The maximum atomic E-state index is 11.4. The van der Waals surface area contributed by atoms with Gasteiger partial charge in [-0.3, -0.25) is 11.3 Å². The molecule has 4 nitrogen and oxygen atoms in total. The highest BCUT2D eigenvalue weighted by Crippen LogP contribution is 2.27. The fourth-order valence-corrected chi connectivity index (χ4v) is 4.22. The first-order valence-corrected chi connectivity index (χ1v) is 8.20. The van der Waals surface area contributed by atoms with Crippen LogP contribution in [0.4, 0.5) is 0 Å². The highest BCUT2D eigenvalue weighted by molar-refractivity contribution is 7.91. The molecule has 1 rings (SSSR count). The monoisotopic (exact) mass is 262 g/mol. The first kappa shape index (κ1) is 14.9. The Morgan fingerprint density at radius 1 is 1.41 bits per heavy atom. The highest BCUT2D eigenvalue weighted by atomic mass is 32.2. The van der Waals surface area contributed by atoms with E-state index in [1.54, 1.807) is 0 Å². The molecule has 1 aliphatic heterocycles. The van der Waals surface area contributed by atoms with Crippen molar-refractivity contribution in [2.24, 2.45) is 17.2 Å². The van der Waals surface area contributed by atoms with Gasteiger partial charge < -0.3 is 0 Å². The van der Waals surface area contributed by atoms with E-state index in [2.05, 4.69) is 26.2 Å². The van der Waals surface area contributed by atoms with Gasteiger partial charge in [0.2, 0.25) is 0 Å². The Hall–Kier alpha value is -0.130. The van der Waals surface area contributed by atoms with Crippen LogP contribution in [0.15, 0.2) is 0 Å². The lowest BCUT2D eigenvalue weighted by atomic mass is 9.86. The molecule has 0 spiro atoms. The molecule has 0 bridgehead atoms. The number of nitrogens with one attached hydrogen (secondary N) is 1. The van der Waals surface area contributed by atoms with Gasteiger partial charge in [0.25, 0.3) is 0 Å². The van der Waals surface area contributed by atoms with E-state index in [-0.39, 0.29) is 6.04 Å². The quantitative estimate of drug-likeness (QED) is 0.581. The standard InChI is InChI=1S/C12H26N2O2S/c1-12(2,3)6-4-11(14-13)8-10-5-7-17(15,16)9-10/h10-11,14H,4-9,13H2,1-3H3. The molecule has 5 heteroatoms. The molecule has 0 saturated carbocycles. The fourth-order valence-electron chi connectivity index (χ4n) is 2.34. The van der Waals surface area contributed by atoms with Crippen molar-refractivity contribution in [3.63, 3.8) is 0 Å². The zero-order valence-electron chi connectivity index (χ0n) is 11.2. The van der Waals surface area contributed by atoms with Crippen LogP contribution in [-0.4, -0.2) is 26.0 Å². The lowest BCUT2D eigenvalue weighted by Gasteiger charge is -2.24. The van der Waals surface area contributed by atoms with Crippen LogP contribution < -0.4 is 11.3 Å². The van der Waals surface area contributed by atoms with Gasteiger partial charge in [0.15, 0.2) is 9.84 Å². The summed E-state index contributed by atoms with van der Waals surface area (Å²) < 4.78 is 22.8. The fraction of sp³-hybridized carbons (Fsp3) is 1.00. The third kappa shape index (κ3) is 5.84. The van der Waals surface area contributed by atoms with E-state index in [1.807, 2.05) is 0 Å². The summed E-state index contributed by atoms with van der Waals surface area (Å²) in [6.45, 7) is 6.63. The lowest BCUT2D eigenvalue weighted by Crippen LogP contribution is -2.37. The summed E-state index contributed by atoms with van der Waals surface area (Å²) in [4.78, 5) is 0. The van der Waals surface area contributed by atoms with Crippen molar-refractivity contribution in [2.75, 3.05) is 11.5 Å². The SMILES string of the molecule is CC(C)(C)CCC(CC1CCS(=O)(=O)C1)NN. The topological polar surface area (TPSA) is 72.2 Å². The van der Waals surface area contributed by atoms with Crippen LogP contribution in [-0.2, 0) is 9.84 Å². The summed E-state index contributed by atoms with van der Waals surface area (Å²) in [5.41, 5.74) is 3.14. The normalized spacial score (nSPS) is 26.0. The minimum absolute atomic E-state index is 0.243. The molecule has 0 amide bonds. The molecule has 0 aliphatic carbocycles. The van der Waals surface area contributed by atoms with E-state index in [1.165, 1.54) is 0 Å². The molecule has 0 aromatic rings. The van der Waals surface area contributed by atoms with Gasteiger partial charge in [-0.2, -0.15) is 0 Å². The minimum atomic E-state index is -2.76. The second-order valence-corrected chi connectivity index (χ2v) is 8.70. The zero-order valence-corrected chi connectivity index (χ0v) is 12.0. The molecule has 0 radical (unpaired) electrons. The van der Waals surface area contributed by atoms with Gasteiger partial charge in [0, 0.05) is 6.04 Å². The van der Waals surface area contributed by atoms with Crippen LogP contribution in [0.25, 0.3) is 0 Å². The molecule has 3 N–H and O–H groups in total. The number of sulfone groups is 1. The first-order chi connectivity index (χ1) is 7.72. The van der Waals surface area contributed by atoms with Gasteiger partial charge in [-0.15, -0.1) is 0 Å². The second kappa shape index (κ2) is 5.67. The molecule has 1 heterocycles. The van der Waals surface area contributed by atoms with Crippen LogP contribution in [0.2, 0.25) is 0 Å². The van der Waals surface area contributed by atoms with Crippen molar-refractivity contribution < 1.29 is 8.42 Å². The molecule has 0 aromatic heterocycles. The van der Waals surface area contributed by atoms with Crippen LogP contribution in [0.1, 0.15) is 46.5 Å². The molecular formula is C12H26N2O2S. The number of nitrogens with two attached hydrogens (primary N) is 1. The van der Waals surface area contributed by atoms with Gasteiger partial charge >= 0.3 is 0 Å². The Morgan fingerprint density at radius 3 is 2.47 bits per heavy atom. The smallest absolute Gasteiger partial charge is 0.150 e. The lowest BCUT2D eigenvalue weighted by molar-refractivity contribution is 0.307. The van der Waals surface area contributed by atoms with Gasteiger partial charge in [0.1, 0.15) is 0 Å². The van der Waals surface area contributed by atoms with Crippen LogP contribution >= 0.6 is 0 Å². The first-order valence-electron chi connectivity index (χ1n) is 6.38. The largest absolute Gasteiger partial charge is 0.271 e. The van der Waals surface area contributed by atoms with E-state index in [0.29, 0.717) is 22.8 Å². The van der Waals surface area contributed by atoms with E-state index in [4.69, 9.17) is 5.84 Å². The van der Waals surface area contributed by atoms with Crippen LogP contribution in [0.3, 0.4) is 0 Å². The molecule has 17 heavy (non-hydrogen) atoms. The van der Waals surface area contributed by atoms with Crippen LogP contribution in [0.5, 0.6) is 0 Å². The summed E-state index contributed by atoms with van der Waals surface area (Å²) >= 11 is 0. The van der Waals surface area contributed by atoms with Gasteiger partial charge in [-0.1, -0.05) is 20.8 Å². The summed E-state index contributed by atoms with van der Waals surface area (Å²) in [5.74, 6) is 6.54. The molecule has 1 aliphatic rings. The van der Waals surface area contributed by atoms with Crippen molar-refractivity contribution in [3.8, 4) is 0 Å². The van der Waals surface area contributed by atoms with Crippen molar-refractivity contribution in [1.29, 1.82) is 0 Å². The molecule has 2 unspecified atom stereocenters. The maximum Gasteiger partial charge on any atom is 0.150 e. The summed E-state index contributed by atoms with van der Waals surface area (Å²) in [7, 11) is -2.76. The number of hydrogen-bond donors (Lipinski definition) is 2. The predicted molar refractivity (Wildman–Crippen MR) is 71.2 cm³/mol. The predicted octanol–water partition coefficient (Wildman–Crippen LogP) is 1.47. The molecule has 2 atom stereocenters. The second-order valence-electron chi connectivity index (χ2n) is 6.47. The number of hydrazine groups is 1. The van der Waals surface area contributed by atoms with Crippen molar-refractivity contribution in [1.82, 2.24) is 5.43 Å². The van der Waals surface area contributed by atoms with Gasteiger partial charge in [0.05, 0.1) is 11.5 Å². The Morgan fingerprint density at radius 2 is 2.06 bits per heavy atom. The van der Waals surface area contributed by atoms with Crippen molar-refractivity contribution >= 4 is 9.84 Å². The maximum absolute atomic E-state index is 11.4. The van der Waals surface area contributed by atoms with Crippen LogP contribution in [0, 0.1) is 11.3 Å². The number of hydrogen-bond acceptors (Lipinski definition) is 4. The number of rotatable bonds is 5. The Kier molecular flexibility index (Phi) is 4.98. The van der Waals surface area contributed by atoms with Crippen molar-refractivity contribution in [3.05, 3.63) is 0 Å². The molecule has 0 aromatic carbocycles. The summed E-state index contributed by atoms with van der Waals surface area (Å²) in [6, 6.07) is 0.243. The average molecular weight is 262 g/mol. The molecule has 1 fully saturated rings. The van der Waals surface area contributed by atoms with Gasteiger partial charge in [-0.25, -0.2) is 8.42 Å². The minimum Gasteiger partial charge on any atom is -0.271 e. The molecule has 1 saturated heterocycles.